The Kier molecular flexibility index (Phi) is 6.09. The molecule has 1 atom stereocenters. The summed E-state index contributed by atoms with van der Waals surface area (Å²) in [5.41, 5.74) is 6.71. The highest BCUT2D eigenvalue weighted by molar-refractivity contribution is 7.18. The molecule has 6 nitrogen and oxygen atoms in total. The van der Waals surface area contributed by atoms with Gasteiger partial charge >= 0.3 is 0 Å². The Bertz CT molecular complexity index is 736. The quantitative estimate of drug-likeness (QED) is 0.732. The van der Waals surface area contributed by atoms with Crippen LogP contribution in [-0.4, -0.2) is 22.8 Å². The van der Waals surface area contributed by atoms with E-state index in [9.17, 15) is 9.59 Å². The SMILES string of the molecule is CC(=O)NCc1ccc(-c2nc(NC(=O)[C@@H](N)C(C)C)sc2C)s1. The summed E-state index contributed by atoms with van der Waals surface area (Å²) in [6.07, 6.45) is 0. The average Bonchev–Trinajstić information content (AvgIpc) is 3.10. The van der Waals surface area contributed by atoms with Crippen molar-refractivity contribution in [2.45, 2.75) is 40.3 Å². The van der Waals surface area contributed by atoms with E-state index in [1.54, 1.807) is 11.3 Å². The standard InChI is InChI=1S/C16H22N4O2S2/c1-8(2)13(17)15(22)20-16-19-14(9(3)23-16)12-6-5-11(24-12)7-18-10(4)21/h5-6,8,13H,7,17H2,1-4H3,(H,18,21)(H,19,20,22)/t13-/m0/s1. The summed E-state index contributed by atoms with van der Waals surface area (Å²) >= 11 is 3.01. The maximum absolute atomic E-state index is 12.1. The Morgan fingerprint density at radius 2 is 2.00 bits per heavy atom. The van der Waals surface area contributed by atoms with Gasteiger partial charge in [0.1, 0.15) is 0 Å². The highest BCUT2D eigenvalue weighted by Gasteiger charge is 2.20. The van der Waals surface area contributed by atoms with Crippen molar-refractivity contribution in [3.63, 3.8) is 0 Å². The van der Waals surface area contributed by atoms with Gasteiger partial charge in [0.25, 0.3) is 0 Å². The fourth-order valence-corrected chi connectivity index (χ4v) is 3.87. The van der Waals surface area contributed by atoms with Crippen LogP contribution in [0, 0.1) is 12.8 Å². The Hall–Kier alpha value is -1.77. The number of amides is 2. The molecule has 0 fully saturated rings. The van der Waals surface area contributed by atoms with E-state index in [-0.39, 0.29) is 17.7 Å². The van der Waals surface area contributed by atoms with E-state index in [1.807, 2.05) is 32.9 Å². The predicted octanol–water partition coefficient (Wildman–Crippen LogP) is 2.74. The first-order valence-electron chi connectivity index (χ1n) is 7.65. The first-order chi connectivity index (χ1) is 11.3. The number of aryl methyl sites for hydroxylation is 1. The third-order valence-electron chi connectivity index (χ3n) is 3.45. The molecule has 0 aliphatic rings. The number of thiophene rings is 1. The third-order valence-corrected chi connectivity index (χ3v) is 5.43. The average molecular weight is 367 g/mol. The largest absolute Gasteiger partial charge is 0.351 e. The van der Waals surface area contributed by atoms with Gasteiger partial charge in [0.05, 0.1) is 23.2 Å². The zero-order chi connectivity index (χ0) is 17.9. The van der Waals surface area contributed by atoms with Crippen LogP contribution < -0.4 is 16.4 Å². The van der Waals surface area contributed by atoms with Crippen LogP contribution in [0.5, 0.6) is 0 Å². The molecule has 2 amide bonds. The first-order valence-corrected chi connectivity index (χ1v) is 9.28. The number of thiazole rings is 1. The maximum Gasteiger partial charge on any atom is 0.243 e. The van der Waals surface area contributed by atoms with E-state index in [4.69, 9.17) is 5.73 Å². The number of nitrogens with one attached hydrogen (secondary N) is 2. The first kappa shape index (κ1) is 18.6. The summed E-state index contributed by atoms with van der Waals surface area (Å²) in [5, 5.41) is 6.13. The van der Waals surface area contributed by atoms with Gasteiger partial charge in [-0.15, -0.1) is 22.7 Å². The van der Waals surface area contributed by atoms with Crippen molar-refractivity contribution in [3.8, 4) is 10.6 Å². The van der Waals surface area contributed by atoms with Crippen LogP contribution in [-0.2, 0) is 16.1 Å². The summed E-state index contributed by atoms with van der Waals surface area (Å²) in [6, 6.07) is 3.40. The monoisotopic (exact) mass is 366 g/mol. The zero-order valence-electron chi connectivity index (χ0n) is 14.2. The maximum atomic E-state index is 12.1. The van der Waals surface area contributed by atoms with Crippen LogP contribution >= 0.6 is 22.7 Å². The molecule has 0 saturated heterocycles. The summed E-state index contributed by atoms with van der Waals surface area (Å²) in [7, 11) is 0. The van der Waals surface area contributed by atoms with Crippen LogP contribution in [0.2, 0.25) is 0 Å². The van der Waals surface area contributed by atoms with Gasteiger partial charge in [-0.2, -0.15) is 0 Å². The van der Waals surface area contributed by atoms with E-state index >= 15 is 0 Å². The molecular weight excluding hydrogens is 344 g/mol. The smallest absolute Gasteiger partial charge is 0.243 e. The Morgan fingerprint density at radius 3 is 2.62 bits per heavy atom. The van der Waals surface area contributed by atoms with Crippen molar-refractivity contribution in [2.24, 2.45) is 11.7 Å². The molecule has 0 aliphatic carbocycles. The number of hydrogen-bond donors (Lipinski definition) is 3. The van der Waals surface area contributed by atoms with Gasteiger partial charge in [0.2, 0.25) is 11.8 Å². The lowest BCUT2D eigenvalue weighted by molar-refractivity contribution is -0.119. The Labute approximate surface area is 149 Å². The van der Waals surface area contributed by atoms with E-state index in [1.165, 1.54) is 18.3 Å². The molecule has 4 N–H and O–H groups in total. The summed E-state index contributed by atoms with van der Waals surface area (Å²) in [6.45, 7) is 7.79. The Balaban J connectivity index is 2.11. The predicted molar refractivity (Wildman–Crippen MR) is 99.1 cm³/mol. The van der Waals surface area contributed by atoms with Crippen LogP contribution in [0.1, 0.15) is 30.5 Å². The molecule has 0 saturated carbocycles. The van der Waals surface area contributed by atoms with Gasteiger partial charge in [-0.1, -0.05) is 13.8 Å². The summed E-state index contributed by atoms with van der Waals surface area (Å²) in [4.78, 5) is 30.7. The number of aromatic nitrogens is 1. The summed E-state index contributed by atoms with van der Waals surface area (Å²) < 4.78 is 0. The third kappa shape index (κ3) is 4.62. The normalized spacial score (nSPS) is 12.2. The lowest BCUT2D eigenvalue weighted by atomic mass is 10.1. The zero-order valence-corrected chi connectivity index (χ0v) is 15.8. The van der Waals surface area contributed by atoms with Crippen molar-refractivity contribution in [1.29, 1.82) is 0 Å². The second-order valence-corrected chi connectivity index (χ2v) is 8.23. The lowest BCUT2D eigenvalue weighted by Crippen LogP contribution is -2.39. The topological polar surface area (TPSA) is 97.1 Å². The van der Waals surface area contributed by atoms with Gasteiger partial charge in [-0.3, -0.25) is 9.59 Å². The minimum Gasteiger partial charge on any atom is -0.351 e. The number of rotatable bonds is 6. The number of anilines is 1. The fourth-order valence-electron chi connectivity index (χ4n) is 1.98. The molecule has 0 aliphatic heterocycles. The van der Waals surface area contributed by atoms with Gasteiger partial charge in [0.15, 0.2) is 5.13 Å². The molecule has 2 aromatic heterocycles. The van der Waals surface area contributed by atoms with Crippen LogP contribution in [0.3, 0.4) is 0 Å². The second-order valence-electron chi connectivity index (χ2n) is 5.86. The van der Waals surface area contributed by atoms with Crippen molar-refractivity contribution < 1.29 is 9.59 Å². The molecule has 24 heavy (non-hydrogen) atoms. The minimum atomic E-state index is -0.552. The van der Waals surface area contributed by atoms with E-state index in [2.05, 4.69) is 15.6 Å². The van der Waals surface area contributed by atoms with Crippen LogP contribution in [0.15, 0.2) is 12.1 Å². The number of nitrogens with two attached hydrogens (primary N) is 1. The van der Waals surface area contributed by atoms with Crippen molar-refractivity contribution >= 4 is 39.6 Å². The van der Waals surface area contributed by atoms with Gasteiger partial charge in [0, 0.05) is 16.7 Å². The molecule has 2 heterocycles. The molecule has 2 rings (SSSR count). The van der Waals surface area contributed by atoms with Crippen molar-refractivity contribution in [3.05, 3.63) is 21.9 Å². The van der Waals surface area contributed by atoms with Crippen LogP contribution in [0.4, 0.5) is 5.13 Å². The minimum absolute atomic E-state index is 0.0544. The molecular formula is C16H22N4O2S2. The summed E-state index contributed by atoms with van der Waals surface area (Å²) in [5.74, 6) is -0.205. The molecule has 0 aromatic carbocycles. The number of hydrogen-bond acceptors (Lipinski definition) is 6. The molecule has 8 heteroatoms. The number of nitrogens with zero attached hydrogens (tertiary/aromatic N) is 1. The highest BCUT2D eigenvalue weighted by Crippen LogP contribution is 2.34. The van der Waals surface area contributed by atoms with E-state index in [0.29, 0.717) is 11.7 Å². The molecule has 2 aromatic rings. The number of carbonyl (C=O) groups is 2. The van der Waals surface area contributed by atoms with E-state index in [0.717, 1.165) is 20.3 Å². The van der Waals surface area contributed by atoms with E-state index < -0.39 is 6.04 Å². The van der Waals surface area contributed by atoms with Crippen molar-refractivity contribution in [2.75, 3.05) is 5.32 Å². The van der Waals surface area contributed by atoms with Crippen LogP contribution in [0.25, 0.3) is 10.6 Å². The van der Waals surface area contributed by atoms with Crippen molar-refractivity contribution in [1.82, 2.24) is 10.3 Å². The molecule has 0 radical (unpaired) electrons. The van der Waals surface area contributed by atoms with Gasteiger partial charge in [-0.05, 0) is 25.0 Å². The molecule has 0 spiro atoms. The second kappa shape index (κ2) is 7.87. The molecule has 130 valence electrons. The lowest BCUT2D eigenvalue weighted by Gasteiger charge is -2.13. The highest BCUT2D eigenvalue weighted by atomic mass is 32.1. The molecule has 0 bridgehead atoms. The van der Waals surface area contributed by atoms with Gasteiger partial charge in [-0.25, -0.2) is 4.98 Å². The fraction of sp³-hybridized carbons (Fsp3) is 0.438. The number of carbonyl (C=O) groups excluding carboxylic acids is 2. The molecule has 0 unspecified atom stereocenters. The van der Waals surface area contributed by atoms with Gasteiger partial charge < -0.3 is 16.4 Å². The Morgan fingerprint density at radius 1 is 1.29 bits per heavy atom.